The van der Waals surface area contributed by atoms with Gasteiger partial charge < -0.3 is 23.5 Å². The van der Waals surface area contributed by atoms with Crippen molar-refractivity contribution < 1.29 is 28.3 Å². The fourth-order valence-corrected chi connectivity index (χ4v) is 2.54. The van der Waals surface area contributed by atoms with Gasteiger partial charge in [-0.1, -0.05) is 11.2 Å². The molecule has 29 heavy (non-hydrogen) atoms. The molecule has 0 bridgehead atoms. The van der Waals surface area contributed by atoms with Crippen LogP contribution in [0.1, 0.15) is 17.0 Å². The van der Waals surface area contributed by atoms with Crippen LogP contribution in [-0.2, 0) is 16.1 Å². The van der Waals surface area contributed by atoms with Gasteiger partial charge in [-0.2, -0.15) is 4.98 Å². The highest BCUT2D eigenvalue weighted by Gasteiger charge is 2.15. The molecule has 0 radical (unpaired) electrons. The second-order valence-electron chi connectivity index (χ2n) is 6.27. The summed E-state index contributed by atoms with van der Waals surface area (Å²) in [5, 5.41) is 3.91. The number of hydrogen-bond donors (Lipinski definition) is 0. The second kappa shape index (κ2) is 9.09. The van der Waals surface area contributed by atoms with E-state index in [1.165, 1.54) is 7.11 Å². The maximum absolute atomic E-state index is 11.9. The maximum atomic E-state index is 11.9. The number of benzene rings is 2. The van der Waals surface area contributed by atoms with Crippen molar-refractivity contribution in [2.75, 3.05) is 20.8 Å². The van der Waals surface area contributed by atoms with E-state index in [-0.39, 0.29) is 19.1 Å². The van der Waals surface area contributed by atoms with Crippen LogP contribution in [0.5, 0.6) is 17.2 Å². The summed E-state index contributed by atoms with van der Waals surface area (Å²) in [6.45, 7) is 3.62. The second-order valence-corrected chi connectivity index (χ2v) is 6.27. The standard InChI is InChI=1S/C21H22N2O6/c1-13-5-6-16(9-14(13)2)27-12-20(24)28-11-19-22-21(23-29-19)17-8-7-15(25-3)10-18(17)26-4/h5-10H,11-12H2,1-4H3. The first-order valence-corrected chi connectivity index (χ1v) is 8.91. The van der Waals surface area contributed by atoms with Gasteiger partial charge in [0.05, 0.1) is 19.8 Å². The number of ether oxygens (including phenoxy) is 4. The van der Waals surface area contributed by atoms with E-state index >= 15 is 0 Å². The van der Waals surface area contributed by atoms with Gasteiger partial charge >= 0.3 is 5.97 Å². The van der Waals surface area contributed by atoms with E-state index in [2.05, 4.69) is 10.1 Å². The molecule has 0 aliphatic heterocycles. The van der Waals surface area contributed by atoms with Crippen molar-refractivity contribution in [3.63, 3.8) is 0 Å². The lowest BCUT2D eigenvalue weighted by molar-refractivity contribution is -0.148. The fraction of sp³-hybridized carbons (Fsp3) is 0.286. The molecule has 0 saturated heterocycles. The van der Waals surface area contributed by atoms with Crippen LogP contribution in [0.4, 0.5) is 0 Å². The fourth-order valence-electron chi connectivity index (χ4n) is 2.54. The first-order chi connectivity index (χ1) is 14.0. The number of rotatable bonds is 8. The van der Waals surface area contributed by atoms with Crippen LogP contribution in [0.3, 0.4) is 0 Å². The Hall–Kier alpha value is -3.55. The molecule has 152 valence electrons. The van der Waals surface area contributed by atoms with Crippen LogP contribution in [-0.4, -0.2) is 36.9 Å². The highest BCUT2D eigenvalue weighted by molar-refractivity contribution is 5.71. The molecule has 3 aromatic rings. The Kier molecular flexibility index (Phi) is 6.33. The predicted molar refractivity (Wildman–Crippen MR) is 104 cm³/mol. The zero-order valence-electron chi connectivity index (χ0n) is 16.7. The van der Waals surface area contributed by atoms with Crippen LogP contribution in [0.25, 0.3) is 11.4 Å². The number of hydrogen-bond acceptors (Lipinski definition) is 8. The summed E-state index contributed by atoms with van der Waals surface area (Å²) in [4.78, 5) is 16.2. The minimum atomic E-state index is -0.537. The van der Waals surface area contributed by atoms with Crippen LogP contribution in [0, 0.1) is 13.8 Å². The zero-order chi connectivity index (χ0) is 20.8. The summed E-state index contributed by atoms with van der Waals surface area (Å²) in [6.07, 6.45) is 0. The monoisotopic (exact) mass is 398 g/mol. The number of carbonyl (C=O) groups excluding carboxylic acids is 1. The Bertz CT molecular complexity index is 999. The average Bonchev–Trinajstić information content (AvgIpc) is 3.21. The van der Waals surface area contributed by atoms with E-state index in [4.69, 9.17) is 23.5 Å². The Balaban J connectivity index is 1.56. The Morgan fingerprint density at radius 3 is 2.52 bits per heavy atom. The normalized spacial score (nSPS) is 10.5. The van der Waals surface area contributed by atoms with Crippen molar-refractivity contribution >= 4 is 5.97 Å². The van der Waals surface area contributed by atoms with Crippen molar-refractivity contribution in [2.45, 2.75) is 20.5 Å². The smallest absolute Gasteiger partial charge is 0.344 e. The van der Waals surface area contributed by atoms with Gasteiger partial charge in [-0.15, -0.1) is 0 Å². The molecule has 0 amide bonds. The largest absolute Gasteiger partial charge is 0.497 e. The summed E-state index contributed by atoms with van der Waals surface area (Å²) >= 11 is 0. The third kappa shape index (κ3) is 5.04. The molecule has 8 nitrogen and oxygen atoms in total. The maximum Gasteiger partial charge on any atom is 0.344 e. The number of esters is 1. The molecule has 1 aromatic heterocycles. The lowest BCUT2D eigenvalue weighted by Crippen LogP contribution is -2.15. The summed E-state index contributed by atoms with van der Waals surface area (Å²) in [7, 11) is 3.11. The Labute approximate surface area is 168 Å². The molecular formula is C21H22N2O6. The minimum absolute atomic E-state index is 0.152. The first-order valence-electron chi connectivity index (χ1n) is 8.91. The highest BCUT2D eigenvalue weighted by atomic mass is 16.6. The summed E-state index contributed by atoms with van der Waals surface area (Å²) in [5.74, 6) is 1.74. The molecule has 0 N–H and O–H groups in total. The lowest BCUT2D eigenvalue weighted by atomic mass is 10.1. The van der Waals surface area contributed by atoms with E-state index in [0.717, 1.165) is 11.1 Å². The number of nitrogens with zero attached hydrogens (tertiary/aromatic N) is 2. The quantitative estimate of drug-likeness (QED) is 0.533. The highest BCUT2D eigenvalue weighted by Crippen LogP contribution is 2.31. The molecule has 1 heterocycles. The summed E-state index contributed by atoms with van der Waals surface area (Å²) in [6, 6.07) is 10.9. The molecule has 0 saturated carbocycles. The Morgan fingerprint density at radius 2 is 1.79 bits per heavy atom. The zero-order valence-corrected chi connectivity index (χ0v) is 16.7. The summed E-state index contributed by atoms with van der Waals surface area (Å²) < 4.78 is 26.2. The molecule has 2 aromatic carbocycles. The van der Waals surface area contributed by atoms with Gasteiger partial charge in [0.1, 0.15) is 17.2 Å². The lowest BCUT2D eigenvalue weighted by Gasteiger charge is -2.08. The van der Waals surface area contributed by atoms with Crippen molar-refractivity contribution in [1.82, 2.24) is 10.1 Å². The van der Waals surface area contributed by atoms with Gasteiger partial charge in [-0.3, -0.25) is 0 Å². The van der Waals surface area contributed by atoms with Crippen LogP contribution < -0.4 is 14.2 Å². The van der Waals surface area contributed by atoms with Gasteiger partial charge in [0.2, 0.25) is 5.82 Å². The van der Waals surface area contributed by atoms with Crippen molar-refractivity contribution in [2.24, 2.45) is 0 Å². The molecule has 0 unspecified atom stereocenters. The Morgan fingerprint density at radius 1 is 1.00 bits per heavy atom. The van der Waals surface area contributed by atoms with Gasteiger partial charge in [0.25, 0.3) is 5.89 Å². The number of aromatic nitrogens is 2. The van der Waals surface area contributed by atoms with Gasteiger partial charge in [-0.25, -0.2) is 4.79 Å². The van der Waals surface area contributed by atoms with E-state index in [0.29, 0.717) is 28.6 Å². The predicted octanol–water partition coefficient (Wildman–Crippen LogP) is 3.49. The first kappa shape index (κ1) is 20.2. The van der Waals surface area contributed by atoms with Gasteiger partial charge in [-0.05, 0) is 49.2 Å². The summed E-state index contributed by atoms with van der Waals surface area (Å²) in [5.41, 5.74) is 2.87. The van der Waals surface area contributed by atoms with Crippen molar-refractivity contribution in [3.8, 4) is 28.6 Å². The van der Waals surface area contributed by atoms with E-state index in [1.54, 1.807) is 25.3 Å². The van der Waals surface area contributed by atoms with Crippen LogP contribution >= 0.6 is 0 Å². The molecule has 0 aliphatic rings. The minimum Gasteiger partial charge on any atom is -0.497 e. The third-order valence-corrected chi connectivity index (χ3v) is 4.31. The van der Waals surface area contributed by atoms with Crippen LogP contribution in [0.15, 0.2) is 40.9 Å². The molecule has 0 spiro atoms. The number of carbonyl (C=O) groups is 1. The number of methoxy groups -OCH3 is 2. The van der Waals surface area contributed by atoms with E-state index < -0.39 is 5.97 Å². The average molecular weight is 398 g/mol. The molecule has 0 fully saturated rings. The molecule has 0 aliphatic carbocycles. The van der Waals surface area contributed by atoms with E-state index in [9.17, 15) is 4.79 Å². The molecule has 3 rings (SSSR count). The van der Waals surface area contributed by atoms with Gasteiger partial charge in [0, 0.05) is 6.07 Å². The van der Waals surface area contributed by atoms with Gasteiger partial charge in [0.15, 0.2) is 13.2 Å². The molecular weight excluding hydrogens is 376 g/mol. The van der Waals surface area contributed by atoms with Crippen molar-refractivity contribution in [3.05, 3.63) is 53.4 Å². The molecule has 0 atom stereocenters. The van der Waals surface area contributed by atoms with Crippen molar-refractivity contribution in [1.29, 1.82) is 0 Å². The third-order valence-electron chi connectivity index (χ3n) is 4.31. The topological polar surface area (TPSA) is 92.9 Å². The van der Waals surface area contributed by atoms with E-state index in [1.807, 2.05) is 32.0 Å². The SMILES string of the molecule is COc1ccc(-c2noc(COC(=O)COc3ccc(C)c(C)c3)n2)c(OC)c1. The molecule has 8 heteroatoms. The van der Waals surface area contributed by atoms with Crippen LogP contribution in [0.2, 0.25) is 0 Å². The number of aryl methyl sites for hydroxylation is 2.